The number of carbonyl (C=O) groups excluding carboxylic acids is 1. The number of likely N-dealkylation sites (tertiary alicyclic amines) is 1. The molecule has 5 heteroatoms. The van der Waals surface area contributed by atoms with Gasteiger partial charge in [0, 0.05) is 28.1 Å². The van der Waals surface area contributed by atoms with Crippen LogP contribution in [0.1, 0.15) is 16.8 Å². The maximum atomic E-state index is 12.0. The average molecular weight is 332 g/mol. The highest BCUT2D eigenvalue weighted by atomic mass is 79.9. The first kappa shape index (κ1) is 13.8. The van der Waals surface area contributed by atoms with Crippen LogP contribution in [0.3, 0.4) is 0 Å². The third kappa shape index (κ3) is 3.70. The number of nitrogens with zero attached hydrogens (tertiary/aromatic N) is 1. The summed E-state index contributed by atoms with van der Waals surface area (Å²) in [4.78, 5) is 14.3. The number of carbonyl (C=O) groups is 1. The lowest BCUT2D eigenvalue weighted by atomic mass is 10.1. The first-order chi connectivity index (χ1) is 8.54. The number of nitrogens with one attached hydrogen (secondary N) is 1. The minimum atomic E-state index is -0.0623. The summed E-state index contributed by atoms with van der Waals surface area (Å²) in [7, 11) is 2.11. The van der Waals surface area contributed by atoms with Crippen LogP contribution in [0.15, 0.2) is 22.7 Å². The van der Waals surface area contributed by atoms with E-state index in [9.17, 15) is 4.79 Å². The van der Waals surface area contributed by atoms with Gasteiger partial charge in [0.15, 0.2) is 0 Å². The van der Waals surface area contributed by atoms with Gasteiger partial charge in [-0.3, -0.25) is 4.79 Å². The van der Waals surface area contributed by atoms with E-state index in [0.717, 1.165) is 30.5 Å². The van der Waals surface area contributed by atoms with Crippen LogP contribution in [-0.4, -0.2) is 37.5 Å². The summed E-state index contributed by atoms with van der Waals surface area (Å²) in [5, 5.41) is 3.54. The molecule has 0 radical (unpaired) electrons. The van der Waals surface area contributed by atoms with Gasteiger partial charge < -0.3 is 10.2 Å². The summed E-state index contributed by atoms with van der Waals surface area (Å²) in [6, 6.07) is 5.23. The summed E-state index contributed by atoms with van der Waals surface area (Å²) in [5.41, 5.74) is 0.598. The average Bonchev–Trinajstić information content (AvgIpc) is 2.70. The van der Waals surface area contributed by atoms with Gasteiger partial charge in [-0.25, -0.2) is 0 Å². The van der Waals surface area contributed by atoms with E-state index in [-0.39, 0.29) is 5.91 Å². The first-order valence-corrected chi connectivity index (χ1v) is 7.14. The minimum absolute atomic E-state index is 0.0623. The summed E-state index contributed by atoms with van der Waals surface area (Å²) in [6.07, 6.45) is 1.15. The van der Waals surface area contributed by atoms with E-state index in [1.807, 2.05) is 0 Å². The fraction of sp³-hybridized carbons (Fsp3) is 0.462. The Bertz CT molecular complexity index is 432. The Morgan fingerprint density at radius 3 is 2.94 bits per heavy atom. The Morgan fingerprint density at radius 2 is 2.33 bits per heavy atom. The first-order valence-electron chi connectivity index (χ1n) is 5.97. The van der Waals surface area contributed by atoms with E-state index in [0.29, 0.717) is 16.5 Å². The van der Waals surface area contributed by atoms with Crippen LogP contribution in [0.4, 0.5) is 0 Å². The number of rotatable bonds is 3. The molecule has 1 atom stereocenters. The number of halogens is 2. The zero-order valence-corrected chi connectivity index (χ0v) is 12.6. The van der Waals surface area contributed by atoms with Gasteiger partial charge in [-0.15, -0.1) is 0 Å². The second kappa shape index (κ2) is 6.04. The number of amides is 1. The molecule has 98 valence electrons. The van der Waals surface area contributed by atoms with E-state index >= 15 is 0 Å². The molecule has 0 aliphatic carbocycles. The zero-order valence-electron chi connectivity index (χ0n) is 10.2. The third-order valence-corrected chi connectivity index (χ3v) is 3.84. The van der Waals surface area contributed by atoms with Crippen molar-refractivity contribution >= 4 is 33.4 Å². The van der Waals surface area contributed by atoms with Crippen molar-refractivity contribution < 1.29 is 4.79 Å². The Labute approximate surface area is 121 Å². The standard InChI is InChI=1S/C13H16BrClN2O/c1-17-3-2-9(8-17)7-16-13(18)10-4-11(14)6-12(15)5-10/h4-6,9H,2-3,7-8H2,1H3,(H,16,18). The van der Waals surface area contributed by atoms with Crippen molar-refractivity contribution in [3.05, 3.63) is 33.3 Å². The summed E-state index contributed by atoms with van der Waals surface area (Å²) in [5.74, 6) is 0.495. The van der Waals surface area contributed by atoms with E-state index in [1.165, 1.54) is 0 Å². The van der Waals surface area contributed by atoms with Crippen molar-refractivity contribution in [1.82, 2.24) is 10.2 Å². The molecule has 3 nitrogen and oxygen atoms in total. The van der Waals surface area contributed by atoms with Crippen LogP contribution in [0.2, 0.25) is 5.02 Å². The van der Waals surface area contributed by atoms with E-state index in [1.54, 1.807) is 18.2 Å². The van der Waals surface area contributed by atoms with Gasteiger partial charge in [0.25, 0.3) is 5.91 Å². The lowest BCUT2D eigenvalue weighted by Gasteiger charge is -2.12. The summed E-state index contributed by atoms with van der Waals surface area (Å²) >= 11 is 9.26. The normalized spacial score (nSPS) is 20.1. The Morgan fingerprint density at radius 1 is 1.56 bits per heavy atom. The predicted octanol–water partition coefficient (Wildman–Crippen LogP) is 2.78. The fourth-order valence-corrected chi connectivity index (χ4v) is 3.08. The van der Waals surface area contributed by atoms with Crippen LogP contribution in [-0.2, 0) is 0 Å². The van der Waals surface area contributed by atoms with Crippen molar-refractivity contribution in [1.29, 1.82) is 0 Å². The summed E-state index contributed by atoms with van der Waals surface area (Å²) < 4.78 is 0.820. The molecule has 1 aromatic rings. The maximum Gasteiger partial charge on any atom is 0.251 e. The molecule has 0 aromatic heterocycles. The molecule has 0 spiro atoms. The molecule has 1 aliphatic heterocycles. The molecule has 1 fully saturated rings. The molecule has 1 amide bonds. The van der Waals surface area contributed by atoms with Gasteiger partial charge in [0.05, 0.1) is 0 Å². The number of benzene rings is 1. The quantitative estimate of drug-likeness (QED) is 0.924. The summed E-state index contributed by atoms with van der Waals surface area (Å²) in [6.45, 7) is 2.90. The molecule has 18 heavy (non-hydrogen) atoms. The SMILES string of the molecule is CN1CCC(CNC(=O)c2cc(Cl)cc(Br)c2)C1. The van der Waals surface area contributed by atoms with Gasteiger partial charge in [-0.2, -0.15) is 0 Å². The topological polar surface area (TPSA) is 32.3 Å². The molecule has 1 aromatic carbocycles. The molecule has 1 heterocycles. The van der Waals surface area contributed by atoms with E-state index < -0.39 is 0 Å². The van der Waals surface area contributed by atoms with Crippen molar-refractivity contribution in [3.8, 4) is 0 Å². The second-order valence-electron chi connectivity index (χ2n) is 4.79. The van der Waals surface area contributed by atoms with Gasteiger partial charge in [-0.05, 0) is 44.1 Å². The van der Waals surface area contributed by atoms with Crippen molar-refractivity contribution in [2.75, 3.05) is 26.7 Å². The Hall–Kier alpha value is -0.580. The lowest BCUT2D eigenvalue weighted by molar-refractivity contribution is 0.0947. The van der Waals surface area contributed by atoms with Crippen LogP contribution >= 0.6 is 27.5 Å². The van der Waals surface area contributed by atoms with Crippen molar-refractivity contribution in [3.63, 3.8) is 0 Å². The molecule has 1 saturated heterocycles. The highest BCUT2D eigenvalue weighted by molar-refractivity contribution is 9.10. The van der Waals surface area contributed by atoms with Crippen LogP contribution < -0.4 is 5.32 Å². The number of hydrogen-bond acceptors (Lipinski definition) is 2. The van der Waals surface area contributed by atoms with Crippen LogP contribution in [0.5, 0.6) is 0 Å². The van der Waals surface area contributed by atoms with E-state index in [4.69, 9.17) is 11.6 Å². The third-order valence-electron chi connectivity index (χ3n) is 3.16. The largest absolute Gasteiger partial charge is 0.352 e. The van der Waals surface area contributed by atoms with Crippen LogP contribution in [0.25, 0.3) is 0 Å². The monoisotopic (exact) mass is 330 g/mol. The fourth-order valence-electron chi connectivity index (χ4n) is 2.22. The maximum absolute atomic E-state index is 12.0. The molecule has 1 aliphatic rings. The second-order valence-corrected chi connectivity index (χ2v) is 6.14. The van der Waals surface area contributed by atoms with Crippen molar-refractivity contribution in [2.24, 2.45) is 5.92 Å². The molecular formula is C13H16BrClN2O. The van der Waals surface area contributed by atoms with Crippen LogP contribution in [0, 0.1) is 5.92 Å². The highest BCUT2D eigenvalue weighted by Gasteiger charge is 2.20. The molecular weight excluding hydrogens is 316 g/mol. The van der Waals surface area contributed by atoms with Gasteiger partial charge >= 0.3 is 0 Å². The molecule has 1 unspecified atom stereocenters. The highest BCUT2D eigenvalue weighted by Crippen LogP contribution is 2.20. The molecule has 0 saturated carbocycles. The Balaban J connectivity index is 1.91. The molecule has 2 rings (SSSR count). The van der Waals surface area contributed by atoms with Gasteiger partial charge in [-0.1, -0.05) is 27.5 Å². The Kier molecular flexibility index (Phi) is 4.65. The predicted molar refractivity (Wildman–Crippen MR) is 77.1 cm³/mol. The molecule has 1 N–H and O–H groups in total. The van der Waals surface area contributed by atoms with E-state index in [2.05, 4.69) is 33.2 Å². The molecule has 0 bridgehead atoms. The van der Waals surface area contributed by atoms with Gasteiger partial charge in [0.1, 0.15) is 0 Å². The smallest absolute Gasteiger partial charge is 0.251 e. The van der Waals surface area contributed by atoms with Crippen molar-refractivity contribution in [2.45, 2.75) is 6.42 Å². The zero-order chi connectivity index (χ0) is 13.1. The minimum Gasteiger partial charge on any atom is -0.352 e. The lowest BCUT2D eigenvalue weighted by Crippen LogP contribution is -2.30. The van der Waals surface area contributed by atoms with Gasteiger partial charge in [0.2, 0.25) is 0 Å². The number of hydrogen-bond donors (Lipinski definition) is 1.